The van der Waals surface area contributed by atoms with Gasteiger partial charge in [-0.15, -0.1) is 0 Å². The number of carboxylic acids is 1. The summed E-state index contributed by atoms with van der Waals surface area (Å²) in [7, 11) is 0. The third-order valence-corrected chi connectivity index (χ3v) is 5.44. The smallest absolute Gasteiger partial charge is 0.326 e. The van der Waals surface area contributed by atoms with E-state index in [1.54, 1.807) is 12.1 Å². The van der Waals surface area contributed by atoms with Crippen LogP contribution in [0.25, 0.3) is 0 Å². The number of hydrogen-bond acceptors (Lipinski definition) is 10. The number of aromatic nitrogens is 3. The van der Waals surface area contributed by atoms with Crippen LogP contribution >= 0.6 is 0 Å². The molecule has 1 aromatic heterocycles. The van der Waals surface area contributed by atoms with Crippen LogP contribution in [0.3, 0.4) is 0 Å². The van der Waals surface area contributed by atoms with Crippen molar-refractivity contribution in [3.05, 3.63) is 66.2 Å². The fourth-order valence-electron chi connectivity index (χ4n) is 3.56. The number of anilines is 4. The van der Waals surface area contributed by atoms with Crippen molar-refractivity contribution in [2.24, 2.45) is 5.92 Å². The van der Waals surface area contributed by atoms with E-state index in [1.807, 2.05) is 62.4 Å². The molecule has 0 aliphatic heterocycles. The topological polar surface area (TPSA) is 160 Å². The van der Waals surface area contributed by atoms with Gasteiger partial charge in [-0.2, -0.15) is 15.0 Å². The van der Waals surface area contributed by atoms with Crippen molar-refractivity contribution in [2.75, 3.05) is 55.5 Å². The number of para-hydroxylation sites is 1. The van der Waals surface area contributed by atoms with Crippen LogP contribution in [0.15, 0.2) is 60.7 Å². The molecule has 12 heteroatoms. The molecule has 1 heterocycles. The summed E-state index contributed by atoms with van der Waals surface area (Å²) in [6.07, 6.45) is 0.417. The van der Waals surface area contributed by atoms with Gasteiger partial charge in [-0.05, 0) is 36.6 Å². The minimum Gasteiger partial charge on any atom is -0.480 e. The molecule has 0 saturated carbocycles. The first-order valence-corrected chi connectivity index (χ1v) is 13.2. The van der Waals surface area contributed by atoms with Crippen molar-refractivity contribution >= 4 is 35.4 Å². The summed E-state index contributed by atoms with van der Waals surface area (Å²) in [5.74, 6) is -0.243. The number of carbonyl (C=O) groups is 2. The van der Waals surface area contributed by atoms with E-state index in [4.69, 9.17) is 9.47 Å². The Labute approximate surface area is 233 Å². The van der Waals surface area contributed by atoms with Crippen molar-refractivity contribution < 1.29 is 24.2 Å². The highest BCUT2D eigenvalue weighted by molar-refractivity contribution is 5.94. The maximum Gasteiger partial charge on any atom is 0.326 e. The lowest BCUT2D eigenvalue weighted by molar-refractivity contribution is -0.138. The highest BCUT2D eigenvalue weighted by Crippen LogP contribution is 2.17. The lowest BCUT2D eigenvalue weighted by atomic mass is 10.0. The SMILES string of the molecule is CC(C)C[C@H](Nc1nc(NCCOCCOCCNC(=O)c2ccccc2)nc(Nc2ccccc2)n1)C(=O)O. The molecule has 0 bridgehead atoms. The molecule has 12 nitrogen and oxygen atoms in total. The van der Waals surface area contributed by atoms with Gasteiger partial charge >= 0.3 is 5.97 Å². The maximum absolute atomic E-state index is 12.0. The van der Waals surface area contributed by atoms with E-state index < -0.39 is 12.0 Å². The average Bonchev–Trinajstić information content (AvgIpc) is 2.94. The third-order valence-electron chi connectivity index (χ3n) is 5.44. The van der Waals surface area contributed by atoms with Crippen molar-refractivity contribution in [1.29, 1.82) is 0 Å². The normalized spacial score (nSPS) is 11.6. The molecular weight excluding hydrogens is 514 g/mol. The summed E-state index contributed by atoms with van der Waals surface area (Å²) in [6, 6.07) is 17.6. The zero-order chi connectivity index (χ0) is 28.6. The highest BCUT2D eigenvalue weighted by atomic mass is 16.5. The van der Waals surface area contributed by atoms with Crippen molar-refractivity contribution in [1.82, 2.24) is 20.3 Å². The quantitative estimate of drug-likeness (QED) is 0.147. The summed E-state index contributed by atoms with van der Waals surface area (Å²) >= 11 is 0. The Morgan fingerprint density at radius 3 is 2.05 bits per heavy atom. The number of nitrogens with zero attached hydrogens (tertiary/aromatic N) is 3. The monoisotopic (exact) mass is 551 g/mol. The summed E-state index contributed by atoms with van der Waals surface area (Å²) in [5, 5.41) is 21.5. The number of hydrogen-bond donors (Lipinski definition) is 5. The van der Waals surface area contributed by atoms with Crippen LogP contribution in [0.1, 0.15) is 30.6 Å². The molecule has 0 aliphatic carbocycles. The number of ether oxygens (including phenoxy) is 2. The number of amides is 1. The molecule has 5 N–H and O–H groups in total. The summed E-state index contributed by atoms with van der Waals surface area (Å²) in [4.78, 5) is 36.8. The minimum absolute atomic E-state index is 0.135. The fraction of sp³-hybridized carbons (Fsp3) is 0.393. The Morgan fingerprint density at radius 1 is 0.800 bits per heavy atom. The van der Waals surface area contributed by atoms with E-state index in [9.17, 15) is 14.7 Å². The van der Waals surface area contributed by atoms with Gasteiger partial charge in [-0.25, -0.2) is 4.79 Å². The first-order valence-electron chi connectivity index (χ1n) is 13.2. The van der Waals surface area contributed by atoms with Gasteiger partial charge in [0.05, 0.1) is 26.4 Å². The number of carbonyl (C=O) groups excluding carboxylic acids is 1. The number of carboxylic acid groups (broad SMARTS) is 1. The number of nitrogens with one attached hydrogen (secondary N) is 4. The molecule has 0 radical (unpaired) electrons. The van der Waals surface area contributed by atoms with E-state index in [-0.39, 0.29) is 29.7 Å². The molecule has 0 unspecified atom stereocenters. The predicted octanol–water partition coefficient (Wildman–Crippen LogP) is 3.40. The van der Waals surface area contributed by atoms with Crippen LogP contribution in [0.4, 0.5) is 23.5 Å². The Morgan fingerprint density at radius 2 is 1.40 bits per heavy atom. The zero-order valence-corrected chi connectivity index (χ0v) is 22.8. The molecule has 1 atom stereocenters. The van der Waals surface area contributed by atoms with Crippen molar-refractivity contribution in [3.8, 4) is 0 Å². The van der Waals surface area contributed by atoms with E-state index in [0.29, 0.717) is 51.5 Å². The lowest BCUT2D eigenvalue weighted by Crippen LogP contribution is -2.31. The molecule has 0 aliphatic rings. The molecule has 3 rings (SSSR count). The summed E-state index contributed by atoms with van der Waals surface area (Å²) in [5.41, 5.74) is 1.39. The zero-order valence-electron chi connectivity index (χ0n) is 22.8. The number of benzene rings is 2. The Balaban J connectivity index is 1.42. The van der Waals surface area contributed by atoms with Crippen molar-refractivity contribution in [3.63, 3.8) is 0 Å². The van der Waals surface area contributed by atoms with Crippen LogP contribution in [0.2, 0.25) is 0 Å². The Bertz CT molecular complexity index is 1180. The van der Waals surface area contributed by atoms with Crippen LogP contribution in [0, 0.1) is 5.92 Å². The number of aliphatic carboxylic acids is 1. The molecule has 1 amide bonds. The fourth-order valence-corrected chi connectivity index (χ4v) is 3.56. The van der Waals surface area contributed by atoms with Gasteiger partial charge in [-0.3, -0.25) is 4.79 Å². The van der Waals surface area contributed by atoms with Crippen LogP contribution in [0.5, 0.6) is 0 Å². The van der Waals surface area contributed by atoms with Crippen molar-refractivity contribution in [2.45, 2.75) is 26.3 Å². The largest absolute Gasteiger partial charge is 0.480 e. The third kappa shape index (κ3) is 11.2. The first kappa shape index (κ1) is 30.3. The second kappa shape index (κ2) is 16.6. The molecule has 3 aromatic rings. The molecule has 40 heavy (non-hydrogen) atoms. The second-order valence-corrected chi connectivity index (χ2v) is 9.24. The first-order chi connectivity index (χ1) is 19.4. The molecular formula is C28H37N7O5. The van der Waals surface area contributed by atoms with Gasteiger partial charge in [-0.1, -0.05) is 50.2 Å². The van der Waals surface area contributed by atoms with Crippen LogP contribution in [-0.2, 0) is 14.3 Å². The van der Waals surface area contributed by atoms with E-state index in [1.165, 1.54) is 0 Å². The van der Waals surface area contributed by atoms with Gasteiger partial charge in [0.15, 0.2) is 0 Å². The van der Waals surface area contributed by atoms with Gasteiger partial charge in [0.2, 0.25) is 17.8 Å². The summed E-state index contributed by atoms with van der Waals surface area (Å²) < 4.78 is 11.1. The number of rotatable bonds is 18. The van der Waals surface area contributed by atoms with E-state index >= 15 is 0 Å². The standard InChI is InChI=1S/C28H37N7O5/c1-20(2)19-23(25(37)38)32-28-34-26(33-27(35-28)31-22-11-7-4-8-12-22)30-14-16-40-18-17-39-15-13-29-24(36)21-9-5-3-6-10-21/h3-12,20,23H,13-19H2,1-2H3,(H,29,36)(H,37,38)(H3,30,31,32,33,34,35)/t23-/m0/s1. The molecule has 0 spiro atoms. The van der Waals surface area contributed by atoms with Gasteiger partial charge in [0, 0.05) is 24.3 Å². The Kier molecular flexibility index (Phi) is 12.6. The van der Waals surface area contributed by atoms with Gasteiger partial charge in [0.1, 0.15) is 6.04 Å². The average molecular weight is 552 g/mol. The molecule has 0 saturated heterocycles. The summed E-state index contributed by atoms with van der Waals surface area (Å²) in [6.45, 7) is 6.25. The molecule has 2 aromatic carbocycles. The van der Waals surface area contributed by atoms with Gasteiger partial charge < -0.3 is 35.8 Å². The molecule has 214 valence electrons. The Hall–Kier alpha value is -4.29. The lowest BCUT2D eigenvalue weighted by Gasteiger charge is -2.17. The van der Waals surface area contributed by atoms with E-state index in [2.05, 4.69) is 36.2 Å². The van der Waals surface area contributed by atoms with Gasteiger partial charge in [0.25, 0.3) is 5.91 Å². The molecule has 0 fully saturated rings. The maximum atomic E-state index is 12.0. The van der Waals surface area contributed by atoms with Crippen LogP contribution < -0.4 is 21.3 Å². The minimum atomic E-state index is -0.976. The highest BCUT2D eigenvalue weighted by Gasteiger charge is 2.20. The second-order valence-electron chi connectivity index (χ2n) is 9.24. The van der Waals surface area contributed by atoms with Crippen LogP contribution in [-0.4, -0.2) is 77.5 Å². The van der Waals surface area contributed by atoms with E-state index in [0.717, 1.165) is 5.69 Å². The predicted molar refractivity (Wildman–Crippen MR) is 153 cm³/mol.